The minimum Gasteiger partial charge on any atom is -0.321 e. The molecule has 1 aromatic carbocycles. The zero-order chi connectivity index (χ0) is 22.0. The van der Waals surface area contributed by atoms with Crippen LogP contribution in [0.3, 0.4) is 0 Å². The maximum Gasteiger partial charge on any atom is 0.276 e. The summed E-state index contributed by atoms with van der Waals surface area (Å²) in [5, 5.41) is 6.34. The molecule has 2 N–H and O–H groups in total. The van der Waals surface area contributed by atoms with Crippen molar-refractivity contribution in [3.05, 3.63) is 62.0 Å². The Hall–Kier alpha value is -3.00. The van der Waals surface area contributed by atoms with Crippen LogP contribution in [0, 0.1) is 19.8 Å². The number of nitrogens with one attached hydrogen (secondary N) is 2. The highest BCUT2D eigenvalue weighted by Gasteiger charge is 2.20. The number of carbonyl (C=O) groups is 2. The van der Waals surface area contributed by atoms with Crippen molar-refractivity contribution >= 4 is 28.7 Å². The van der Waals surface area contributed by atoms with Gasteiger partial charge < -0.3 is 5.32 Å². The number of carbonyl (C=O) groups excluding carboxylic acids is 2. The summed E-state index contributed by atoms with van der Waals surface area (Å²) in [7, 11) is 0. The van der Waals surface area contributed by atoms with Crippen LogP contribution in [0.2, 0.25) is 0 Å². The Kier molecular flexibility index (Phi) is 6.36. The monoisotopic (exact) mass is 426 g/mol. The molecule has 8 heteroatoms. The number of nitrogens with zero attached hydrogens (tertiary/aromatic N) is 2. The summed E-state index contributed by atoms with van der Waals surface area (Å²) in [6.45, 7) is 9.38. The number of aromatic nitrogens is 3. The maximum absolute atomic E-state index is 12.8. The second-order valence-electron chi connectivity index (χ2n) is 7.79. The molecule has 1 amide bonds. The standard InChI is InChI=1S/C22H26N4O3S/c1-12(2)6-11-18-13(3)25-26(21(18)29)22-23-14(4)19(30-22)20(28)24-17-9-7-16(8-10-17)15(5)27/h7-10,12,25H,6,11H2,1-5H3,(H,24,28). The summed E-state index contributed by atoms with van der Waals surface area (Å²) in [4.78, 5) is 41.8. The van der Waals surface area contributed by atoms with E-state index in [2.05, 4.69) is 29.2 Å². The molecule has 0 radical (unpaired) electrons. The number of amides is 1. The van der Waals surface area contributed by atoms with Gasteiger partial charge in [-0.25, -0.2) is 4.98 Å². The number of aromatic amines is 1. The summed E-state index contributed by atoms with van der Waals surface area (Å²) in [6.07, 6.45) is 1.64. The molecule has 0 aliphatic carbocycles. The van der Waals surface area contributed by atoms with E-state index in [1.54, 1.807) is 31.2 Å². The normalized spacial score (nSPS) is 11.1. The van der Waals surface area contributed by atoms with Gasteiger partial charge in [-0.15, -0.1) is 0 Å². The van der Waals surface area contributed by atoms with Crippen molar-refractivity contribution in [1.29, 1.82) is 0 Å². The fourth-order valence-corrected chi connectivity index (χ4v) is 4.03. The third-order valence-electron chi connectivity index (χ3n) is 4.90. The lowest BCUT2D eigenvalue weighted by atomic mass is 10.0. The highest BCUT2D eigenvalue weighted by Crippen LogP contribution is 2.23. The topological polar surface area (TPSA) is 96.9 Å². The molecule has 0 saturated heterocycles. The molecule has 2 aromatic heterocycles. The van der Waals surface area contributed by atoms with Gasteiger partial charge in [-0.2, -0.15) is 4.68 Å². The lowest BCUT2D eigenvalue weighted by molar-refractivity contribution is 0.101. The molecular weight excluding hydrogens is 400 g/mol. The van der Waals surface area contributed by atoms with Crippen molar-refractivity contribution in [2.75, 3.05) is 5.32 Å². The summed E-state index contributed by atoms with van der Waals surface area (Å²) in [5.41, 5.74) is 3.19. The van der Waals surface area contributed by atoms with E-state index in [1.165, 1.54) is 11.6 Å². The minimum atomic E-state index is -0.303. The third-order valence-corrected chi connectivity index (χ3v) is 6.04. The predicted molar refractivity (Wildman–Crippen MR) is 119 cm³/mol. The van der Waals surface area contributed by atoms with Gasteiger partial charge in [-0.3, -0.25) is 19.5 Å². The summed E-state index contributed by atoms with van der Waals surface area (Å²) >= 11 is 1.16. The SMILES string of the molecule is CC(=O)c1ccc(NC(=O)c2sc(-n3[nH]c(C)c(CCC(C)C)c3=O)nc2C)cc1. The second-order valence-corrected chi connectivity index (χ2v) is 8.76. The van der Waals surface area contributed by atoms with Crippen molar-refractivity contribution in [1.82, 2.24) is 14.8 Å². The largest absolute Gasteiger partial charge is 0.321 e. The van der Waals surface area contributed by atoms with Crippen LogP contribution in [0.25, 0.3) is 5.13 Å². The average Bonchev–Trinajstić information content (AvgIpc) is 3.20. The Bertz CT molecular complexity index is 1140. The third kappa shape index (κ3) is 4.59. The number of H-pyrrole nitrogens is 1. The van der Waals surface area contributed by atoms with Crippen molar-refractivity contribution in [3.8, 4) is 5.13 Å². The van der Waals surface area contributed by atoms with Gasteiger partial charge in [0, 0.05) is 22.5 Å². The van der Waals surface area contributed by atoms with E-state index >= 15 is 0 Å². The van der Waals surface area contributed by atoms with Gasteiger partial charge in [0.05, 0.1) is 5.69 Å². The highest BCUT2D eigenvalue weighted by atomic mass is 32.1. The van der Waals surface area contributed by atoms with E-state index in [1.807, 2.05) is 6.92 Å². The Labute approximate surface area is 179 Å². The molecule has 0 fully saturated rings. The Morgan fingerprint density at radius 1 is 1.20 bits per heavy atom. The Balaban J connectivity index is 1.83. The van der Waals surface area contributed by atoms with Crippen molar-refractivity contribution < 1.29 is 9.59 Å². The highest BCUT2D eigenvalue weighted by molar-refractivity contribution is 7.16. The zero-order valence-corrected chi connectivity index (χ0v) is 18.6. The van der Waals surface area contributed by atoms with Crippen molar-refractivity contribution in [2.24, 2.45) is 5.92 Å². The molecule has 0 saturated carbocycles. The van der Waals surface area contributed by atoms with Crippen LogP contribution in [0.1, 0.15) is 64.2 Å². The van der Waals surface area contributed by atoms with E-state index in [4.69, 9.17) is 0 Å². The van der Waals surface area contributed by atoms with Crippen LogP contribution in [0.15, 0.2) is 29.1 Å². The van der Waals surface area contributed by atoms with Gasteiger partial charge in [0.15, 0.2) is 5.78 Å². The average molecular weight is 427 g/mol. The number of hydrogen-bond donors (Lipinski definition) is 2. The minimum absolute atomic E-state index is 0.0322. The lowest BCUT2D eigenvalue weighted by Gasteiger charge is -2.04. The number of Topliss-reactive ketones (excluding diaryl/α,β-unsaturated/α-hetero) is 1. The van der Waals surface area contributed by atoms with Crippen LogP contribution in [0.5, 0.6) is 0 Å². The smallest absolute Gasteiger partial charge is 0.276 e. The molecule has 0 aliphatic heterocycles. The molecular formula is C22H26N4O3S. The molecule has 0 spiro atoms. The molecule has 158 valence electrons. The summed E-state index contributed by atoms with van der Waals surface area (Å²) in [5.74, 6) is 0.174. The second kappa shape index (κ2) is 8.79. The van der Waals surface area contributed by atoms with Crippen LogP contribution >= 0.6 is 11.3 Å². The number of rotatable bonds is 7. The van der Waals surface area contributed by atoms with Crippen LogP contribution < -0.4 is 10.9 Å². The predicted octanol–water partition coefficient (Wildman–Crippen LogP) is 4.28. The van der Waals surface area contributed by atoms with Gasteiger partial charge in [0.1, 0.15) is 4.88 Å². The van der Waals surface area contributed by atoms with Gasteiger partial charge in [-0.05, 0) is 63.8 Å². The number of benzene rings is 1. The van der Waals surface area contributed by atoms with Gasteiger partial charge in [0.25, 0.3) is 11.5 Å². The summed E-state index contributed by atoms with van der Waals surface area (Å²) in [6, 6.07) is 6.71. The molecule has 3 rings (SSSR count). The first kappa shape index (κ1) is 21.7. The molecule has 7 nitrogen and oxygen atoms in total. The molecule has 30 heavy (non-hydrogen) atoms. The number of hydrogen-bond acceptors (Lipinski definition) is 5. The van der Waals surface area contributed by atoms with E-state index in [-0.39, 0.29) is 17.2 Å². The van der Waals surface area contributed by atoms with E-state index in [9.17, 15) is 14.4 Å². The van der Waals surface area contributed by atoms with Crippen molar-refractivity contribution in [2.45, 2.75) is 47.5 Å². The van der Waals surface area contributed by atoms with Crippen LogP contribution in [-0.2, 0) is 6.42 Å². The number of anilines is 1. The maximum atomic E-state index is 12.8. The molecule has 2 heterocycles. The Morgan fingerprint density at radius 3 is 2.47 bits per heavy atom. The molecule has 0 unspecified atom stereocenters. The number of aryl methyl sites for hydroxylation is 2. The quantitative estimate of drug-likeness (QED) is 0.551. The van der Waals surface area contributed by atoms with Crippen LogP contribution in [0.4, 0.5) is 5.69 Å². The van der Waals surface area contributed by atoms with Crippen molar-refractivity contribution in [3.63, 3.8) is 0 Å². The molecule has 3 aromatic rings. The number of thiazole rings is 1. The van der Waals surface area contributed by atoms with Crippen LogP contribution in [-0.4, -0.2) is 26.5 Å². The number of ketones is 1. The molecule has 0 bridgehead atoms. The fraction of sp³-hybridized carbons (Fsp3) is 0.364. The van der Waals surface area contributed by atoms with Gasteiger partial charge in [-0.1, -0.05) is 25.2 Å². The van der Waals surface area contributed by atoms with E-state index < -0.39 is 0 Å². The Morgan fingerprint density at radius 2 is 1.87 bits per heavy atom. The molecule has 0 aliphatic rings. The zero-order valence-electron chi connectivity index (χ0n) is 17.8. The first-order valence-corrected chi connectivity index (χ1v) is 10.7. The van der Waals surface area contributed by atoms with Gasteiger partial charge >= 0.3 is 0 Å². The first-order valence-electron chi connectivity index (χ1n) is 9.88. The summed E-state index contributed by atoms with van der Waals surface area (Å²) < 4.78 is 1.42. The fourth-order valence-electron chi connectivity index (χ4n) is 3.11. The molecule has 0 atom stereocenters. The lowest BCUT2D eigenvalue weighted by Crippen LogP contribution is -2.17. The van der Waals surface area contributed by atoms with Gasteiger partial charge in [0.2, 0.25) is 5.13 Å². The first-order chi connectivity index (χ1) is 14.2. The van der Waals surface area contributed by atoms with E-state index in [0.717, 1.165) is 29.0 Å². The van der Waals surface area contributed by atoms with E-state index in [0.29, 0.717) is 39.3 Å².